The fraction of sp³-hybridized carbons (Fsp3) is 0.333. The quantitative estimate of drug-likeness (QED) is 0.897. The van der Waals surface area contributed by atoms with Crippen molar-refractivity contribution >= 4 is 0 Å². The van der Waals surface area contributed by atoms with E-state index in [-0.39, 0.29) is 11.9 Å². The highest BCUT2D eigenvalue weighted by Crippen LogP contribution is 2.31. The maximum absolute atomic E-state index is 13.3. The third-order valence-corrected chi connectivity index (χ3v) is 3.85. The van der Waals surface area contributed by atoms with Gasteiger partial charge in [-0.3, -0.25) is 0 Å². The zero-order chi connectivity index (χ0) is 14.8. The van der Waals surface area contributed by atoms with Crippen LogP contribution in [0.1, 0.15) is 35.6 Å². The molecule has 1 aliphatic carbocycles. The summed E-state index contributed by atoms with van der Waals surface area (Å²) in [4.78, 5) is 0. The van der Waals surface area contributed by atoms with Crippen LogP contribution >= 0.6 is 0 Å². The molecule has 1 atom stereocenters. The number of rotatable bonds is 5. The zero-order valence-electron chi connectivity index (χ0n) is 12.4. The van der Waals surface area contributed by atoms with Crippen molar-refractivity contribution < 1.29 is 9.13 Å². The van der Waals surface area contributed by atoms with Crippen molar-refractivity contribution in [3.8, 4) is 5.75 Å². The van der Waals surface area contributed by atoms with Crippen molar-refractivity contribution in [2.24, 2.45) is 0 Å². The van der Waals surface area contributed by atoms with Gasteiger partial charge in [0, 0.05) is 0 Å². The molecule has 0 saturated heterocycles. The van der Waals surface area contributed by atoms with Crippen LogP contribution in [0.15, 0.2) is 42.5 Å². The molecule has 0 aliphatic heterocycles. The van der Waals surface area contributed by atoms with E-state index in [1.165, 1.54) is 6.07 Å². The van der Waals surface area contributed by atoms with Gasteiger partial charge < -0.3 is 10.1 Å². The molecule has 0 heterocycles. The summed E-state index contributed by atoms with van der Waals surface area (Å²) in [7, 11) is 1.92. The van der Waals surface area contributed by atoms with Crippen LogP contribution in [0.2, 0.25) is 0 Å². The molecule has 110 valence electrons. The van der Waals surface area contributed by atoms with Gasteiger partial charge in [-0.1, -0.05) is 18.2 Å². The van der Waals surface area contributed by atoms with E-state index in [9.17, 15) is 4.39 Å². The maximum atomic E-state index is 13.3. The van der Waals surface area contributed by atoms with Crippen LogP contribution in [0.4, 0.5) is 4.39 Å². The van der Waals surface area contributed by atoms with Gasteiger partial charge in [-0.25, -0.2) is 4.39 Å². The molecule has 0 amide bonds. The van der Waals surface area contributed by atoms with Crippen molar-refractivity contribution in [2.45, 2.75) is 31.9 Å². The molecule has 0 radical (unpaired) electrons. The lowest BCUT2D eigenvalue weighted by atomic mass is 9.95. The van der Waals surface area contributed by atoms with E-state index in [4.69, 9.17) is 4.74 Å². The largest absolute Gasteiger partial charge is 0.490 e. The van der Waals surface area contributed by atoms with E-state index < -0.39 is 0 Å². The monoisotopic (exact) mass is 285 g/mol. The van der Waals surface area contributed by atoms with Crippen molar-refractivity contribution in [3.05, 3.63) is 65.0 Å². The van der Waals surface area contributed by atoms with E-state index >= 15 is 0 Å². The number of hydrogen-bond donors (Lipinski definition) is 1. The maximum Gasteiger partial charge on any atom is 0.123 e. The molecule has 1 saturated carbocycles. The highest BCUT2D eigenvalue weighted by Gasteiger charge is 2.24. The standard InChI is InChI=1S/C18H20FNO/c1-12-10-14(19)6-9-17(12)18(20-2)13-4-3-5-16(11-13)21-15-7-8-15/h3-6,9-11,15,18,20H,7-8H2,1-2H3. The normalized spacial score (nSPS) is 15.8. The molecule has 1 N–H and O–H groups in total. The number of benzene rings is 2. The molecule has 0 spiro atoms. The molecular weight excluding hydrogens is 265 g/mol. The summed E-state index contributed by atoms with van der Waals surface area (Å²) in [5, 5.41) is 3.31. The molecule has 3 heteroatoms. The van der Waals surface area contributed by atoms with E-state index in [1.807, 2.05) is 32.2 Å². The molecule has 1 unspecified atom stereocenters. The van der Waals surface area contributed by atoms with Crippen LogP contribution in [0.5, 0.6) is 5.75 Å². The van der Waals surface area contributed by atoms with E-state index in [2.05, 4.69) is 17.4 Å². The number of nitrogens with one attached hydrogen (secondary N) is 1. The Labute approximate surface area is 125 Å². The zero-order valence-corrected chi connectivity index (χ0v) is 12.4. The average molecular weight is 285 g/mol. The summed E-state index contributed by atoms with van der Waals surface area (Å²) in [6, 6.07) is 13.1. The Morgan fingerprint density at radius 1 is 1.19 bits per heavy atom. The molecule has 1 aliphatic rings. The second-order valence-electron chi connectivity index (χ2n) is 5.61. The van der Waals surface area contributed by atoms with Crippen molar-refractivity contribution in [3.63, 3.8) is 0 Å². The first-order valence-electron chi connectivity index (χ1n) is 7.37. The van der Waals surface area contributed by atoms with Crippen LogP contribution in [-0.2, 0) is 0 Å². The molecule has 2 aromatic rings. The summed E-state index contributed by atoms with van der Waals surface area (Å²) in [6.45, 7) is 1.94. The molecule has 2 aromatic carbocycles. The number of hydrogen-bond acceptors (Lipinski definition) is 2. The van der Waals surface area contributed by atoms with Gasteiger partial charge >= 0.3 is 0 Å². The predicted octanol–water partition coefficient (Wildman–Crippen LogP) is 3.98. The number of halogens is 1. The topological polar surface area (TPSA) is 21.3 Å². The van der Waals surface area contributed by atoms with Gasteiger partial charge in [-0.2, -0.15) is 0 Å². The minimum atomic E-state index is -0.197. The number of aryl methyl sites for hydroxylation is 1. The van der Waals surface area contributed by atoms with Crippen LogP contribution < -0.4 is 10.1 Å². The van der Waals surface area contributed by atoms with Crippen LogP contribution in [0, 0.1) is 12.7 Å². The molecular formula is C18H20FNO. The van der Waals surface area contributed by atoms with Crippen LogP contribution in [0.3, 0.4) is 0 Å². The molecule has 3 rings (SSSR count). The van der Waals surface area contributed by atoms with E-state index in [0.29, 0.717) is 6.10 Å². The summed E-state index contributed by atoms with van der Waals surface area (Å²) in [5.41, 5.74) is 3.16. The first-order valence-corrected chi connectivity index (χ1v) is 7.37. The molecule has 21 heavy (non-hydrogen) atoms. The van der Waals surface area contributed by atoms with Gasteiger partial charge in [0.15, 0.2) is 0 Å². The van der Waals surface area contributed by atoms with Gasteiger partial charge in [0.2, 0.25) is 0 Å². The highest BCUT2D eigenvalue weighted by atomic mass is 19.1. The lowest BCUT2D eigenvalue weighted by Gasteiger charge is -2.20. The smallest absolute Gasteiger partial charge is 0.123 e. The van der Waals surface area contributed by atoms with Gasteiger partial charge in [0.25, 0.3) is 0 Å². The summed E-state index contributed by atoms with van der Waals surface area (Å²) in [5.74, 6) is 0.715. The molecule has 1 fully saturated rings. The Morgan fingerprint density at radius 3 is 2.67 bits per heavy atom. The molecule has 2 nitrogen and oxygen atoms in total. The lowest BCUT2D eigenvalue weighted by Crippen LogP contribution is -2.18. The third-order valence-electron chi connectivity index (χ3n) is 3.85. The van der Waals surface area contributed by atoms with Gasteiger partial charge in [-0.15, -0.1) is 0 Å². The SMILES string of the molecule is CNC(c1cccc(OC2CC2)c1)c1ccc(F)cc1C. The van der Waals surface area contributed by atoms with Gasteiger partial charge in [0.05, 0.1) is 12.1 Å². The Hall–Kier alpha value is -1.87. The lowest BCUT2D eigenvalue weighted by molar-refractivity contribution is 0.302. The van der Waals surface area contributed by atoms with E-state index in [1.54, 1.807) is 6.07 Å². The fourth-order valence-corrected chi connectivity index (χ4v) is 2.61. The second kappa shape index (κ2) is 5.86. The van der Waals surface area contributed by atoms with Crippen molar-refractivity contribution in [1.82, 2.24) is 5.32 Å². The summed E-state index contributed by atoms with van der Waals surface area (Å²) >= 11 is 0. The molecule has 0 aromatic heterocycles. The Bertz CT molecular complexity index is 637. The predicted molar refractivity (Wildman–Crippen MR) is 82.1 cm³/mol. The third kappa shape index (κ3) is 3.24. The Balaban J connectivity index is 1.91. The molecule has 0 bridgehead atoms. The van der Waals surface area contributed by atoms with Gasteiger partial charge in [-0.05, 0) is 67.8 Å². The van der Waals surface area contributed by atoms with Crippen molar-refractivity contribution in [2.75, 3.05) is 7.05 Å². The fourth-order valence-electron chi connectivity index (χ4n) is 2.61. The van der Waals surface area contributed by atoms with Crippen LogP contribution in [0.25, 0.3) is 0 Å². The Morgan fingerprint density at radius 2 is 2.00 bits per heavy atom. The second-order valence-corrected chi connectivity index (χ2v) is 5.61. The highest BCUT2D eigenvalue weighted by molar-refractivity contribution is 5.40. The van der Waals surface area contributed by atoms with Crippen LogP contribution in [-0.4, -0.2) is 13.2 Å². The minimum absolute atomic E-state index is 0.0355. The van der Waals surface area contributed by atoms with Crippen molar-refractivity contribution in [1.29, 1.82) is 0 Å². The van der Waals surface area contributed by atoms with Gasteiger partial charge in [0.1, 0.15) is 11.6 Å². The first-order chi connectivity index (χ1) is 10.2. The van der Waals surface area contributed by atoms with E-state index in [0.717, 1.165) is 35.3 Å². The summed E-state index contributed by atoms with van der Waals surface area (Å²) < 4.78 is 19.1. The minimum Gasteiger partial charge on any atom is -0.490 e. The Kier molecular flexibility index (Phi) is 3.93. The first kappa shape index (κ1) is 14.1. The number of ether oxygens (including phenoxy) is 1. The summed E-state index contributed by atoms with van der Waals surface area (Å²) in [6.07, 6.45) is 2.69. The average Bonchev–Trinajstić information content (AvgIpc) is 3.26.